The van der Waals surface area contributed by atoms with Gasteiger partial charge in [-0.25, -0.2) is 4.68 Å². The fraction of sp³-hybridized carbons (Fsp3) is 0.400. The Bertz CT molecular complexity index is 772. The first kappa shape index (κ1) is 18.6. The van der Waals surface area contributed by atoms with Crippen molar-refractivity contribution in [3.8, 4) is 11.5 Å². The Morgan fingerprint density at radius 2 is 2.04 bits per heavy atom. The van der Waals surface area contributed by atoms with Crippen LogP contribution in [0.1, 0.15) is 36.1 Å². The molecule has 1 aromatic carbocycles. The average molecular weight is 358 g/mol. The van der Waals surface area contributed by atoms with E-state index in [0.29, 0.717) is 0 Å². The molecule has 7 nitrogen and oxygen atoms in total. The fourth-order valence-electron chi connectivity index (χ4n) is 2.13. The number of aromatic nitrogens is 3. The van der Waals surface area contributed by atoms with Crippen molar-refractivity contribution in [2.45, 2.75) is 32.5 Å². The van der Waals surface area contributed by atoms with Crippen LogP contribution in [0.25, 0.3) is 0 Å². The molecule has 1 heterocycles. The number of ether oxygens (including phenoxy) is 1. The van der Waals surface area contributed by atoms with Gasteiger partial charge in [0.2, 0.25) is 5.95 Å². The summed E-state index contributed by atoms with van der Waals surface area (Å²) in [5.74, 6) is -1.17. The van der Waals surface area contributed by atoms with E-state index >= 15 is 0 Å². The van der Waals surface area contributed by atoms with Crippen molar-refractivity contribution in [1.82, 2.24) is 14.8 Å². The third-order valence-electron chi connectivity index (χ3n) is 3.16. The van der Waals surface area contributed by atoms with Crippen molar-refractivity contribution in [2.75, 3.05) is 12.4 Å². The van der Waals surface area contributed by atoms with Crippen LogP contribution in [-0.4, -0.2) is 39.1 Å². The summed E-state index contributed by atoms with van der Waals surface area (Å²) in [6.07, 6.45) is -5.70. The zero-order chi connectivity index (χ0) is 18.8. The third-order valence-corrected chi connectivity index (χ3v) is 3.16. The molecule has 0 aliphatic carbocycles. The SMILES string of the molecule is COc1cc(O)cc(C(=O)Nc2nc(CC(F)(F)F)n(C(C)C)n2)c1. The standard InChI is InChI=1S/C15H17F3N4O3/c1-8(2)22-12(7-15(16,17)18)19-14(21-22)20-13(24)9-4-10(23)6-11(5-9)25-3/h4-6,8,23H,7H2,1-3H3,(H,20,21,24). The molecule has 0 unspecified atom stereocenters. The summed E-state index contributed by atoms with van der Waals surface area (Å²) >= 11 is 0. The van der Waals surface area contributed by atoms with E-state index in [-0.39, 0.29) is 34.9 Å². The number of nitrogens with one attached hydrogen (secondary N) is 1. The lowest BCUT2D eigenvalue weighted by Gasteiger charge is -2.10. The molecule has 0 saturated heterocycles. The van der Waals surface area contributed by atoms with Crippen LogP contribution in [0.15, 0.2) is 18.2 Å². The molecular weight excluding hydrogens is 341 g/mol. The van der Waals surface area contributed by atoms with E-state index in [2.05, 4.69) is 15.4 Å². The maximum atomic E-state index is 12.6. The average Bonchev–Trinajstić information content (AvgIpc) is 2.87. The second-order valence-electron chi connectivity index (χ2n) is 5.56. The molecule has 2 rings (SSSR count). The minimum absolute atomic E-state index is 0.0510. The molecule has 2 aromatic rings. The number of anilines is 1. The van der Waals surface area contributed by atoms with Gasteiger partial charge in [-0.05, 0) is 26.0 Å². The Labute approximate surface area is 141 Å². The van der Waals surface area contributed by atoms with Crippen molar-refractivity contribution in [1.29, 1.82) is 0 Å². The highest BCUT2D eigenvalue weighted by Gasteiger charge is 2.31. The molecule has 0 radical (unpaired) electrons. The van der Waals surface area contributed by atoms with Gasteiger partial charge >= 0.3 is 6.18 Å². The predicted octanol–water partition coefficient (Wildman–Crippen LogP) is 2.93. The van der Waals surface area contributed by atoms with Crippen molar-refractivity contribution in [2.24, 2.45) is 0 Å². The van der Waals surface area contributed by atoms with Crippen LogP contribution in [0.2, 0.25) is 0 Å². The van der Waals surface area contributed by atoms with E-state index < -0.39 is 18.5 Å². The fourth-order valence-corrected chi connectivity index (χ4v) is 2.13. The van der Waals surface area contributed by atoms with E-state index in [1.807, 2.05) is 0 Å². The molecule has 1 amide bonds. The lowest BCUT2D eigenvalue weighted by Crippen LogP contribution is -2.17. The molecule has 25 heavy (non-hydrogen) atoms. The Balaban J connectivity index is 2.26. The number of benzene rings is 1. The summed E-state index contributed by atoms with van der Waals surface area (Å²) in [6, 6.07) is 3.50. The smallest absolute Gasteiger partial charge is 0.396 e. The maximum Gasteiger partial charge on any atom is 0.396 e. The van der Waals surface area contributed by atoms with Gasteiger partial charge in [0.15, 0.2) is 0 Å². The van der Waals surface area contributed by atoms with Crippen molar-refractivity contribution < 1.29 is 27.8 Å². The molecule has 136 valence electrons. The van der Waals surface area contributed by atoms with Crippen LogP contribution in [-0.2, 0) is 6.42 Å². The number of rotatable bonds is 5. The van der Waals surface area contributed by atoms with Gasteiger partial charge in [-0.3, -0.25) is 10.1 Å². The highest BCUT2D eigenvalue weighted by atomic mass is 19.4. The van der Waals surface area contributed by atoms with Gasteiger partial charge in [0.25, 0.3) is 5.91 Å². The van der Waals surface area contributed by atoms with Gasteiger partial charge in [0, 0.05) is 17.7 Å². The Hall–Kier alpha value is -2.78. The third kappa shape index (κ3) is 4.85. The van der Waals surface area contributed by atoms with Crippen LogP contribution in [0.4, 0.5) is 19.1 Å². The van der Waals surface area contributed by atoms with Crippen LogP contribution in [0.3, 0.4) is 0 Å². The zero-order valence-electron chi connectivity index (χ0n) is 13.8. The largest absolute Gasteiger partial charge is 0.508 e. The van der Waals surface area contributed by atoms with Gasteiger partial charge in [0.05, 0.1) is 7.11 Å². The number of hydrogen-bond donors (Lipinski definition) is 2. The van der Waals surface area contributed by atoms with E-state index in [1.54, 1.807) is 13.8 Å². The molecule has 0 aliphatic heterocycles. The van der Waals surface area contributed by atoms with E-state index in [0.717, 1.165) is 4.68 Å². The summed E-state index contributed by atoms with van der Waals surface area (Å²) in [7, 11) is 1.37. The topological polar surface area (TPSA) is 89.3 Å². The van der Waals surface area contributed by atoms with Gasteiger partial charge in [-0.1, -0.05) is 0 Å². The monoisotopic (exact) mass is 358 g/mol. The van der Waals surface area contributed by atoms with Crippen molar-refractivity contribution >= 4 is 11.9 Å². The minimum Gasteiger partial charge on any atom is -0.508 e. The number of nitrogens with zero attached hydrogens (tertiary/aromatic N) is 3. The second-order valence-corrected chi connectivity index (χ2v) is 5.56. The summed E-state index contributed by atoms with van der Waals surface area (Å²) < 4.78 is 44.0. The molecule has 1 aromatic heterocycles. The number of aromatic hydroxyl groups is 1. The van der Waals surface area contributed by atoms with Crippen molar-refractivity contribution in [3.05, 3.63) is 29.6 Å². The number of phenolic OH excluding ortho intramolecular Hbond substituents is 1. The highest BCUT2D eigenvalue weighted by Crippen LogP contribution is 2.24. The van der Waals surface area contributed by atoms with Crippen LogP contribution in [0, 0.1) is 0 Å². The van der Waals surface area contributed by atoms with Crippen LogP contribution < -0.4 is 10.1 Å². The molecule has 0 atom stereocenters. The number of hydrogen-bond acceptors (Lipinski definition) is 5. The zero-order valence-corrected chi connectivity index (χ0v) is 13.8. The van der Waals surface area contributed by atoms with E-state index in [1.165, 1.54) is 25.3 Å². The first-order chi connectivity index (χ1) is 11.6. The normalized spacial score (nSPS) is 11.6. The molecule has 10 heteroatoms. The molecule has 0 bridgehead atoms. The summed E-state index contributed by atoms with van der Waals surface area (Å²) in [6.45, 7) is 3.31. The number of carbonyl (C=O) groups is 1. The highest BCUT2D eigenvalue weighted by molar-refractivity contribution is 6.03. The molecule has 0 aliphatic rings. The molecular formula is C15H17F3N4O3. The Morgan fingerprint density at radius 3 is 2.60 bits per heavy atom. The van der Waals surface area contributed by atoms with Gasteiger partial charge in [-0.2, -0.15) is 18.2 Å². The van der Waals surface area contributed by atoms with Gasteiger partial charge < -0.3 is 9.84 Å². The Morgan fingerprint density at radius 1 is 1.36 bits per heavy atom. The quantitative estimate of drug-likeness (QED) is 0.858. The van der Waals surface area contributed by atoms with Gasteiger partial charge in [0.1, 0.15) is 23.7 Å². The number of carbonyl (C=O) groups excluding carboxylic acids is 1. The molecule has 0 saturated carbocycles. The van der Waals surface area contributed by atoms with Crippen molar-refractivity contribution in [3.63, 3.8) is 0 Å². The first-order valence-electron chi connectivity index (χ1n) is 7.30. The number of methoxy groups -OCH3 is 1. The molecule has 2 N–H and O–H groups in total. The van der Waals surface area contributed by atoms with Gasteiger partial charge in [-0.15, -0.1) is 5.10 Å². The number of phenols is 1. The summed E-state index contributed by atoms with van der Waals surface area (Å²) in [5, 5.41) is 15.8. The van der Waals surface area contributed by atoms with Crippen LogP contribution >= 0.6 is 0 Å². The van der Waals surface area contributed by atoms with E-state index in [4.69, 9.17) is 4.74 Å². The Kier molecular flexibility index (Phi) is 5.19. The maximum absolute atomic E-state index is 12.6. The first-order valence-corrected chi connectivity index (χ1v) is 7.30. The lowest BCUT2D eigenvalue weighted by atomic mass is 10.2. The number of amides is 1. The molecule has 0 spiro atoms. The lowest BCUT2D eigenvalue weighted by molar-refractivity contribution is -0.129. The summed E-state index contributed by atoms with van der Waals surface area (Å²) in [5.41, 5.74) is 0.0510. The number of alkyl halides is 3. The molecule has 0 fully saturated rings. The minimum atomic E-state index is -4.44. The second kappa shape index (κ2) is 6.99. The van der Waals surface area contributed by atoms with E-state index in [9.17, 15) is 23.1 Å². The summed E-state index contributed by atoms with van der Waals surface area (Å²) in [4.78, 5) is 16.0. The predicted molar refractivity (Wildman–Crippen MR) is 82.8 cm³/mol. The van der Waals surface area contributed by atoms with Crippen LogP contribution in [0.5, 0.6) is 11.5 Å². The number of halogens is 3.